The first-order valence-corrected chi connectivity index (χ1v) is 5.09. The molecule has 0 radical (unpaired) electrons. The van der Waals surface area contributed by atoms with E-state index in [2.05, 4.69) is 11.9 Å². The van der Waals surface area contributed by atoms with E-state index in [1.54, 1.807) is 0 Å². The van der Waals surface area contributed by atoms with Crippen LogP contribution in [-0.2, 0) is 13.0 Å². The number of aromatic nitrogens is 1. The van der Waals surface area contributed by atoms with E-state index < -0.39 is 0 Å². The molecule has 1 aromatic heterocycles. The van der Waals surface area contributed by atoms with E-state index in [1.165, 1.54) is 5.56 Å². The molecule has 0 amide bonds. The number of fused-ring (bicyclic) bond motifs is 1. The van der Waals surface area contributed by atoms with Crippen LogP contribution < -0.4 is 11.3 Å². The van der Waals surface area contributed by atoms with Gasteiger partial charge in [0.05, 0.1) is 0 Å². The van der Waals surface area contributed by atoms with E-state index in [9.17, 15) is 4.79 Å². The van der Waals surface area contributed by atoms with E-state index >= 15 is 0 Å². The lowest BCUT2D eigenvalue weighted by Crippen LogP contribution is -2.12. The summed E-state index contributed by atoms with van der Waals surface area (Å²) in [6.07, 6.45) is 0.939. The smallest absolute Gasteiger partial charge is 0.256 e. The minimum absolute atomic E-state index is 0.0525. The van der Waals surface area contributed by atoms with Crippen LogP contribution in [0, 0.1) is 0 Å². The average molecular weight is 202 g/mol. The highest BCUT2D eigenvalue weighted by molar-refractivity contribution is 5.82. The Morgan fingerprint density at radius 2 is 2.13 bits per heavy atom. The monoisotopic (exact) mass is 202 g/mol. The molecule has 0 saturated heterocycles. The van der Waals surface area contributed by atoms with Crippen LogP contribution in [0.4, 0.5) is 0 Å². The average Bonchev–Trinajstić information content (AvgIpc) is 2.28. The predicted octanol–water partition coefficient (Wildman–Crippen LogP) is 1.55. The van der Waals surface area contributed by atoms with E-state index in [1.807, 2.05) is 24.3 Å². The highest BCUT2D eigenvalue weighted by atomic mass is 16.1. The SMILES string of the molecule is CCc1ccc2cc(CN)[nH]c(=O)c2c1. The van der Waals surface area contributed by atoms with Gasteiger partial charge in [0.15, 0.2) is 0 Å². The molecule has 0 aliphatic heterocycles. The van der Waals surface area contributed by atoms with E-state index in [-0.39, 0.29) is 5.56 Å². The molecule has 15 heavy (non-hydrogen) atoms. The van der Waals surface area contributed by atoms with Crippen LogP contribution >= 0.6 is 0 Å². The van der Waals surface area contributed by atoms with Gasteiger partial charge in [-0.15, -0.1) is 0 Å². The van der Waals surface area contributed by atoms with Crippen molar-refractivity contribution in [2.24, 2.45) is 5.73 Å². The zero-order chi connectivity index (χ0) is 10.8. The Labute approximate surface area is 87.9 Å². The van der Waals surface area contributed by atoms with Crippen LogP contribution in [-0.4, -0.2) is 4.98 Å². The van der Waals surface area contributed by atoms with Crippen molar-refractivity contribution in [3.05, 3.63) is 45.9 Å². The molecule has 2 aromatic rings. The number of H-pyrrole nitrogens is 1. The summed E-state index contributed by atoms with van der Waals surface area (Å²) in [6, 6.07) is 7.88. The number of aryl methyl sites for hydroxylation is 1. The molecule has 3 nitrogen and oxygen atoms in total. The zero-order valence-corrected chi connectivity index (χ0v) is 8.71. The maximum absolute atomic E-state index is 11.7. The van der Waals surface area contributed by atoms with Gasteiger partial charge in [-0.3, -0.25) is 4.79 Å². The predicted molar refractivity (Wildman–Crippen MR) is 61.8 cm³/mol. The van der Waals surface area contributed by atoms with Gasteiger partial charge in [0, 0.05) is 17.6 Å². The molecular weight excluding hydrogens is 188 g/mol. The summed E-state index contributed by atoms with van der Waals surface area (Å²) in [7, 11) is 0. The number of nitrogens with one attached hydrogen (secondary N) is 1. The Hall–Kier alpha value is -1.61. The fourth-order valence-electron chi connectivity index (χ4n) is 1.69. The molecule has 0 bridgehead atoms. The molecule has 0 saturated carbocycles. The summed E-state index contributed by atoms with van der Waals surface area (Å²) < 4.78 is 0. The second-order valence-corrected chi connectivity index (χ2v) is 3.60. The second kappa shape index (κ2) is 3.87. The Morgan fingerprint density at radius 3 is 2.80 bits per heavy atom. The zero-order valence-electron chi connectivity index (χ0n) is 8.71. The summed E-state index contributed by atoms with van der Waals surface area (Å²) in [5.74, 6) is 0. The first-order valence-electron chi connectivity index (χ1n) is 5.09. The molecule has 3 N–H and O–H groups in total. The fourth-order valence-corrected chi connectivity index (χ4v) is 1.69. The van der Waals surface area contributed by atoms with Crippen molar-refractivity contribution < 1.29 is 0 Å². The lowest BCUT2D eigenvalue weighted by Gasteiger charge is -2.03. The lowest BCUT2D eigenvalue weighted by molar-refractivity contribution is 0.982. The number of hydrogen-bond acceptors (Lipinski definition) is 2. The van der Waals surface area contributed by atoms with Crippen LogP contribution in [0.3, 0.4) is 0 Å². The molecule has 0 unspecified atom stereocenters. The summed E-state index contributed by atoms with van der Waals surface area (Å²) in [5, 5.41) is 1.70. The third kappa shape index (κ3) is 1.78. The molecule has 3 heteroatoms. The third-order valence-corrected chi connectivity index (χ3v) is 2.59. The van der Waals surface area contributed by atoms with E-state index in [0.29, 0.717) is 6.54 Å². The van der Waals surface area contributed by atoms with Gasteiger partial charge in [-0.25, -0.2) is 0 Å². The van der Waals surface area contributed by atoms with Gasteiger partial charge < -0.3 is 10.7 Å². The molecule has 1 heterocycles. The van der Waals surface area contributed by atoms with Gasteiger partial charge in [0.1, 0.15) is 0 Å². The summed E-state index contributed by atoms with van der Waals surface area (Å²) >= 11 is 0. The first-order chi connectivity index (χ1) is 7.24. The van der Waals surface area contributed by atoms with Gasteiger partial charge in [-0.05, 0) is 29.5 Å². The van der Waals surface area contributed by atoms with Crippen molar-refractivity contribution in [2.45, 2.75) is 19.9 Å². The largest absolute Gasteiger partial charge is 0.325 e. The quantitative estimate of drug-likeness (QED) is 0.776. The van der Waals surface area contributed by atoms with Crippen molar-refractivity contribution in [3.63, 3.8) is 0 Å². The van der Waals surface area contributed by atoms with Crippen LogP contribution in [0.25, 0.3) is 10.8 Å². The van der Waals surface area contributed by atoms with Gasteiger partial charge in [-0.2, -0.15) is 0 Å². The number of hydrogen-bond donors (Lipinski definition) is 2. The Morgan fingerprint density at radius 1 is 1.33 bits per heavy atom. The molecule has 0 aliphatic rings. The van der Waals surface area contributed by atoms with Gasteiger partial charge in [0.2, 0.25) is 0 Å². The first kappa shape index (κ1) is 9.93. The molecule has 0 atom stereocenters. The number of pyridine rings is 1. The normalized spacial score (nSPS) is 10.8. The standard InChI is InChI=1S/C12H14N2O/c1-2-8-3-4-9-6-10(7-13)14-12(15)11(9)5-8/h3-6H,2,7,13H2,1H3,(H,14,15). The van der Waals surface area contributed by atoms with Gasteiger partial charge in [-0.1, -0.05) is 19.1 Å². The van der Waals surface area contributed by atoms with Crippen LogP contribution in [0.15, 0.2) is 29.1 Å². The van der Waals surface area contributed by atoms with Crippen molar-refractivity contribution in [1.82, 2.24) is 4.98 Å². The minimum Gasteiger partial charge on any atom is -0.325 e. The highest BCUT2D eigenvalue weighted by Crippen LogP contribution is 2.13. The molecule has 0 spiro atoms. The molecule has 78 valence electrons. The van der Waals surface area contributed by atoms with E-state index in [0.717, 1.165) is 22.9 Å². The number of nitrogens with two attached hydrogens (primary N) is 1. The second-order valence-electron chi connectivity index (χ2n) is 3.60. The van der Waals surface area contributed by atoms with Crippen LogP contribution in [0.1, 0.15) is 18.2 Å². The van der Waals surface area contributed by atoms with Crippen LogP contribution in [0.5, 0.6) is 0 Å². The van der Waals surface area contributed by atoms with E-state index in [4.69, 9.17) is 5.73 Å². The highest BCUT2D eigenvalue weighted by Gasteiger charge is 2.01. The number of rotatable bonds is 2. The van der Waals surface area contributed by atoms with Crippen molar-refractivity contribution in [3.8, 4) is 0 Å². The minimum atomic E-state index is -0.0525. The molecular formula is C12H14N2O. The molecule has 2 rings (SSSR count). The van der Waals surface area contributed by atoms with Crippen molar-refractivity contribution in [2.75, 3.05) is 0 Å². The van der Waals surface area contributed by atoms with Crippen molar-refractivity contribution >= 4 is 10.8 Å². The topological polar surface area (TPSA) is 58.9 Å². The number of aromatic amines is 1. The Bertz CT molecular complexity index is 543. The van der Waals surface area contributed by atoms with Gasteiger partial charge in [0.25, 0.3) is 5.56 Å². The lowest BCUT2D eigenvalue weighted by atomic mass is 10.1. The fraction of sp³-hybridized carbons (Fsp3) is 0.250. The number of benzene rings is 1. The van der Waals surface area contributed by atoms with Gasteiger partial charge >= 0.3 is 0 Å². The van der Waals surface area contributed by atoms with Crippen molar-refractivity contribution in [1.29, 1.82) is 0 Å². The summed E-state index contributed by atoms with van der Waals surface area (Å²) in [4.78, 5) is 14.5. The molecule has 0 fully saturated rings. The van der Waals surface area contributed by atoms with Crippen LogP contribution in [0.2, 0.25) is 0 Å². The summed E-state index contributed by atoms with van der Waals surface area (Å²) in [6.45, 7) is 2.43. The molecule has 0 aliphatic carbocycles. The third-order valence-electron chi connectivity index (χ3n) is 2.59. The summed E-state index contributed by atoms with van der Waals surface area (Å²) in [5.41, 5.74) is 7.39. The Kier molecular flexibility index (Phi) is 2.56. The Balaban J connectivity index is 2.74. The maximum Gasteiger partial charge on any atom is 0.256 e. The molecule has 1 aromatic carbocycles. The maximum atomic E-state index is 11.7.